The fourth-order valence-electron chi connectivity index (χ4n) is 2.95. The van der Waals surface area contributed by atoms with Crippen molar-refractivity contribution in [3.63, 3.8) is 0 Å². The maximum Gasteiger partial charge on any atom is 0.253 e. The predicted molar refractivity (Wildman–Crippen MR) is 100 cm³/mol. The van der Waals surface area contributed by atoms with Crippen LogP contribution in [0.4, 0.5) is 0 Å². The van der Waals surface area contributed by atoms with E-state index in [0.717, 1.165) is 12.1 Å². The molecule has 1 heterocycles. The van der Waals surface area contributed by atoms with E-state index in [-0.39, 0.29) is 23.4 Å². The minimum atomic E-state index is -3.69. The molecule has 1 saturated heterocycles. The maximum atomic E-state index is 12.7. The monoisotopic (exact) mass is 373 g/mol. The van der Waals surface area contributed by atoms with Gasteiger partial charge < -0.3 is 10.2 Å². The third-order valence-corrected chi connectivity index (χ3v) is 5.76. The van der Waals surface area contributed by atoms with Gasteiger partial charge in [0, 0.05) is 37.8 Å². The average Bonchev–Trinajstić information content (AvgIpc) is 2.67. The second-order valence-corrected chi connectivity index (χ2v) is 8.21. The van der Waals surface area contributed by atoms with Gasteiger partial charge in [0.25, 0.3) is 5.91 Å². The zero-order chi connectivity index (χ0) is 18.6. The topological polar surface area (TPSA) is 78.5 Å². The van der Waals surface area contributed by atoms with Crippen molar-refractivity contribution >= 4 is 15.9 Å². The molecule has 0 aromatic heterocycles. The highest BCUT2D eigenvalue weighted by molar-refractivity contribution is 7.89. The van der Waals surface area contributed by atoms with Gasteiger partial charge in [-0.25, -0.2) is 13.1 Å². The Morgan fingerprint density at radius 1 is 1.19 bits per heavy atom. The normalized spacial score (nSPS) is 17.9. The number of carbonyl (C=O) groups is 1. The zero-order valence-corrected chi connectivity index (χ0v) is 15.5. The van der Waals surface area contributed by atoms with Gasteiger partial charge in [-0.1, -0.05) is 36.4 Å². The van der Waals surface area contributed by atoms with Crippen LogP contribution >= 0.6 is 0 Å². The van der Waals surface area contributed by atoms with Crippen LogP contribution in [-0.2, 0) is 16.6 Å². The summed E-state index contributed by atoms with van der Waals surface area (Å²) in [5, 5.41) is 3.29. The van der Waals surface area contributed by atoms with Crippen molar-refractivity contribution in [2.24, 2.45) is 0 Å². The molecule has 0 spiro atoms. The average molecular weight is 373 g/mol. The Balaban J connectivity index is 1.74. The summed E-state index contributed by atoms with van der Waals surface area (Å²) in [5.74, 6) is -0.140. The number of rotatable bonds is 5. The van der Waals surface area contributed by atoms with Crippen molar-refractivity contribution in [2.75, 3.05) is 19.6 Å². The van der Waals surface area contributed by atoms with Crippen LogP contribution in [0.5, 0.6) is 0 Å². The second-order valence-electron chi connectivity index (χ2n) is 6.44. The van der Waals surface area contributed by atoms with E-state index in [2.05, 4.69) is 10.0 Å². The fraction of sp³-hybridized carbons (Fsp3) is 0.316. The molecule has 6 nitrogen and oxygen atoms in total. The number of benzene rings is 2. The van der Waals surface area contributed by atoms with Gasteiger partial charge in [-0.05, 0) is 30.7 Å². The molecule has 1 aliphatic rings. The molecule has 26 heavy (non-hydrogen) atoms. The van der Waals surface area contributed by atoms with Gasteiger partial charge in [0.05, 0.1) is 4.90 Å². The van der Waals surface area contributed by atoms with E-state index in [9.17, 15) is 13.2 Å². The molecular weight excluding hydrogens is 350 g/mol. The van der Waals surface area contributed by atoms with Crippen LogP contribution in [0, 0.1) is 0 Å². The summed E-state index contributed by atoms with van der Waals surface area (Å²) in [5.41, 5.74) is 1.26. The zero-order valence-electron chi connectivity index (χ0n) is 14.7. The van der Waals surface area contributed by atoms with Gasteiger partial charge in [0.15, 0.2) is 0 Å². The minimum absolute atomic E-state index is 0.0995. The van der Waals surface area contributed by atoms with E-state index in [1.54, 1.807) is 17.0 Å². The maximum absolute atomic E-state index is 12.7. The summed E-state index contributed by atoms with van der Waals surface area (Å²) in [6.45, 7) is 4.20. The van der Waals surface area contributed by atoms with Gasteiger partial charge in [-0.2, -0.15) is 0 Å². The van der Waals surface area contributed by atoms with Crippen LogP contribution < -0.4 is 10.0 Å². The van der Waals surface area contributed by atoms with Gasteiger partial charge >= 0.3 is 0 Å². The Hall–Kier alpha value is -2.22. The van der Waals surface area contributed by atoms with Crippen molar-refractivity contribution in [3.05, 3.63) is 65.7 Å². The molecule has 7 heteroatoms. The molecule has 2 aromatic carbocycles. The first-order valence-corrected chi connectivity index (χ1v) is 10.1. The lowest BCUT2D eigenvalue weighted by Crippen LogP contribution is -2.51. The van der Waals surface area contributed by atoms with Crippen LogP contribution in [0.25, 0.3) is 0 Å². The van der Waals surface area contributed by atoms with E-state index in [4.69, 9.17) is 0 Å². The predicted octanol–water partition coefficient (Wildman–Crippen LogP) is 1.60. The van der Waals surface area contributed by atoms with Crippen molar-refractivity contribution in [3.8, 4) is 0 Å². The number of hydrogen-bond donors (Lipinski definition) is 2. The lowest BCUT2D eigenvalue weighted by Gasteiger charge is -2.32. The van der Waals surface area contributed by atoms with Crippen molar-refractivity contribution < 1.29 is 13.2 Å². The van der Waals surface area contributed by atoms with Crippen LogP contribution in [0.15, 0.2) is 59.5 Å². The second kappa shape index (κ2) is 7.99. The van der Waals surface area contributed by atoms with Gasteiger partial charge in [-0.3, -0.25) is 4.79 Å². The van der Waals surface area contributed by atoms with E-state index in [0.29, 0.717) is 18.7 Å². The molecule has 138 valence electrons. The Morgan fingerprint density at radius 2 is 1.96 bits per heavy atom. The van der Waals surface area contributed by atoms with E-state index >= 15 is 0 Å². The summed E-state index contributed by atoms with van der Waals surface area (Å²) in [6.07, 6.45) is 0. The lowest BCUT2D eigenvalue weighted by molar-refractivity contribution is 0.0709. The quantitative estimate of drug-likeness (QED) is 0.834. The fourth-order valence-corrected chi connectivity index (χ4v) is 4.02. The third kappa shape index (κ3) is 4.49. The summed E-state index contributed by atoms with van der Waals surface area (Å²) in [7, 11) is -3.69. The van der Waals surface area contributed by atoms with E-state index in [1.165, 1.54) is 12.1 Å². The Kier molecular flexibility index (Phi) is 5.70. The Labute approximate surface area is 154 Å². The molecule has 0 bridgehead atoms. The number of hydrogen-bond acceptors (Lipinski definition) is 4. The summed E-state index contributed by atoms with van der Waals surface area (Å²) in [4.78, 5) is 14.5. The largest absolute Gasteiger partial charge is 0.336 e. The SMILES string of the molecule is CC1CN(C(=O)c2cccc(S(=O)(=O)NCc3ccccc3)c2)CCN1. The molecule has 0 radical (unpaired) electrons. The standard InChI is InChI=1S/C19H23N3O3S/c1-15-14-22(11-10-20-15)19(23)17-8-5-9-18(12-17)26(24,25)21-13-16-6-3-2-4-7-16/h2-9,12,15,20-21H,10-11,13-14H2,1H3. The number of piperazine rings is 1. The molecule has 2 aromatic rings. The van der Waals surface area contributed by atoms with Crippen molar-refractivity contribution in [1.82, 2.24) is 14.9 Å². The molecule has 0 saturated carbocycles. The first kappa shape index (κ1) is 18.6. The van der Waals surface area contributed by atoms with Crippen molar-refractivity contribution in [1.29, 1.82) is 0 Å². The lowest BCUT2D eigenvalue weighted by atomic mass is 10.1. The molecule has 1 atom stereocenters. The summed E-state index contributed by atoms with van der Waals surface area (Å²) >= 11 is 0. The van der Waals surface area contributed by atoms with E-state index in [1.807, 2.05) is 37.3 Å². The first-order chi connectivity index (χ1) is 12.5. The highest BCUT2D eigenvalue weighted by Gasteiger charge is 2.23. The van der Waals surface area contributed by atoms with Crippen molar-refractivity contribution in [2.45, 2.75) is 24.4 Å². The summed E-state index contributed by atoms with van der Waals surface area (Å²) < 4.78 is 27.7. The van der Waals surface area contributed by atoms with Crippen LogP contribution in [0.3, 0.4) is 0 Å². The molecule has 1 unspecified atom stereocenters. The Bertz CT molecular complexity index is 869. The molecule has 2 N–H and O–H groups in total. The molecule has 1 amide bonds. The first-order valence-electron chi connectivity index (χ1n) is 8.62. The van der Waals surface area contributed by atoms with E-state index < -0.39 is 10.0 Å². The van der Waals surface area contributed by atoms with Gasteiger partial charge in [-0.15, -0.1) is 0 Å². The summed E-state index contributed by atoms with van der Waals surface area (Å²) in [6, 6.07) is 15.8. The minimum Gasteiger partial charge on any atom is -0.336 e. The number of nitrogens with zero attached hydrogens (tertiary/aromatic N) is 1. The van der Waals surface area contributed by atoms with Crippen LogP contribution in [0.2, 0.25) is 0 Å². The molecule has 3 rings (SSSR count). The number of nitrogens with one attached hydrogen (secondary N) is 2. The molecule has 1 fully saturated rings. The highest BCUT2D eigenvalue weighted by Crippen LogP contribution is 2.15. The number of carbonyl (C=O) groups excluding carboxylic acids is 1. The molecule has 0 aliphatic carbocycles. The van der Waals surface area contributed by atoms with Crippen LogP contribution in [0.1, 0.15) is 22.8 Å². The number of sulfonamides is 1. The molecular formula is C19H23N3O3S. The smallest absolute Gasteiger partial charge is 0.253 e. The molecule has 1 aliphatic heterocycles. The van der Waals surface area contributed by atoms with Crippen LogP contribution in [-0.4, -0.2) is 44.9 Å². The number of amides is 1. The van der Waals surface area contributed by atoms with Gasteiger partial charge in [0.1, 0.15) is 0 Å². The third-order valence-electron chi connectivity index (χ3n) is 4.36. The highest BCUT2D eigenvalue weighted by atomic mass is 32.2. The Morgan fingerprint density at radius 3 is 2.69 bits per heavy atom. The van der Waals surface area contributed by atoms with Gasteiger partial charge in [0.2, 0.25) is 10.0 Å².